The molecule has 0 saturated carbocycles. The fourth-order valence-electron chi connectivity index (χ4n) is 2.06. The molecule has 0 radical (unpaired) electrons. The molecule has 1 atom stereocenters. The molecule has 2 aromatic rings. The van der Waals surface area contributed by atoms with Crippen molar-refractivity contribution in [2.24, 2.45) is 0 Å². The molecule has 4 heteroatoms. The maximum absolute atomic E-state index is 11.4. The summed E-state index contributed by atoms with van der Waals surface area (Å²) in [4.78, 5) is 16.9. The number of nitrogens with zero attached hydrogens (tertiary/aromatic N) is 1. The van der Waals surface area contributed by atoms with Crippen LogP contribution >= 0.6 is 11.3 Å². The minimum Gasteiger partial charge on any atom is -0.310 e. The van der Waals surface area contributed by atoms with E-state index in [1.54, 1.807) is 18.3 Å². The van der Waals surface area contributed by atoms with Crippen molar-refractivity contribution >= 4 is 17.1 Å². The van der Waals surface area contributed by atoms with E-state index in [0.29, 0.717) is 0 Å². The number of thiazole rings is 1. The monoisotopic (exact) mass is 274 g/mol. The number of hydrogen-bond donors (Lipinski definition) is 1. The summed E-state index contributed by atoms with van der Waals surface area (Å²) < 4.78 is 0. The quantitative estimate of drug-likeness (QED) is 0.911. The van der Waals surface area contributed by atoms with Crippen LogP contribution in [0.25, 0.3) is 10.4 Å². The average molecular weight is 274 g/mol. The highest BCUT2D eigenvalue weighted by atomic mass is 32.1. The van der Waals surface area contributed by atoms with Crippen LogP contribution in [0.5, 0.6) is 0 Å². The highest BCUT2D eigenvalue weighted by Gasteiger charge is 2.12. The van der Waals surface area contributed by atoms with Crippen molar-refractivity contribution in [1.29, 1.82) is 0 Å². The Morgan fingerprint density at radius 1 is 1.37 bits per heavy atom. The SMILES string of the molecule is CN[C@@H](Cc1ccc(-c2scnc2C)cc1)C(C)=O. The summed E-state index contributed by atoms with van der Waals surface area (Å²) in [6, 6.07) is 8.27. The molecule has 0 aliphatic rings. The molecule has 1 heterocycles. The number of rotatable bonds is 5. The van der Waals surface area contributed by atoms with E-state index in [4.69, 9.17) is 0 Å². The lowest BCUT2D eigenvalue weighted by Crippen LogP contribution is -2.34. The van der Waals surface area contributed by atoms with Gasteiger partial charge in [0, 0.05) is 0 Å². The molecule has 19 heavy (non-hydrogen) atoms. The fraction of sp³-hybridized carbons (Fsp3) is 0.333. The first kappa shape index (κ1) is 13.9. The highest BCUT2D eigenvalue weighted by molar-refractivity contribution is 7.13. The second-order valence-corrected chi connectivity index (χ2v) is 5.47. The molecule has 0 fully saturated rings. The number of hydrogen-bond acceptors (Lipinski definition) is 4. The zero-order chi connectivity index (χ0) is 13.8. The standard InChI is InChI=1S/C15H18N2OS/c1-10-15(19-9-17-10)13-6-4-12(5-7-13)8-14(16-3)11(2)18/h4-7,9,14,16H,8H2,1-3H3/t14-/m0/s1. The van der Waals surface area contributed by atoms with E-state index in [0.717, 1.165) is 12.1 Å². The van der Waals surface area contributed by atoms with Gasteiger partial charge in [0.25, 0.3) is 0 Å². The van der Waals surface area contributed by atoms with Crippen LogP contribution in [-0.4, -0.2) is 23.9 Å². The van der Waals surface area contributed by atoms with Gasteiger partial charge >= 0.3 is 0 Å². The van der Waals surface area contributed by atoms with Gasteiger partial charge in [-0.05, 0) is 38.4 Å². The number of aromatic nitrogens is 1. The summed E-state index contributed by atoms with van der Waals surface area (Å²) in [5.74, 6) is 0.171. The lowest BCUT2D eigenvalue weighted by Gasteiger charge is -2.12. The molecular weight excluding hydrogens is 256 g/mol. The Bertz CT molecular complexity index is 560. The van der Waals surface area contributed by atoms with Gasteiger partial charge in [-0.1, -0.05) is 24.3 Å². The Labute approximate surface area is 117 Å². The Morgan fingerprint density at radius 2 is 2.05 bits per heavy atom. The summed E-state index contributed by atoms with van der Waals surface area (Å²) in [5, 5.41) is 3.04. The summed E-state index contributed by atoms with van der Waals surface area (Å²) in [6.07, 6.45) is 0.730. The molecule has 0 spiro atoms. The number of carbonyl (C=O) groups excluding carboxylic acids is 1. The van der Waals surface area contributed by atoms with Crippen LogP contribution in [0.1, 0.15) is 18.2 Å². The molecular formula is C15H18N2OS. The topological polar surface area (TPSA) is 42.0 Å². The van der Waals surface area contributed by atoms with Crippen LogP contribution in [0.3, 0.4) is 0 Å². The van der Waals surface area contributed by atoms with E-state index in [1.807, 2.05) is 19.5 Å². The van der Waals surface area contributed by atoms with Crippen LogP contribution in [-0.2, 0) is 11.2 Å². The highest BCUT2D eigenvalue weighted by Crippen LogP contribution is 2.27. The van der Waals surface area contributed by atoms with Crippen molar-refractivity contribution in [2.45, 2.75) is 26.3 Å². The van der Waals surface area contributed by atoms with Gasteiger partial charge in [-0.2, -0.15) is 0 Å². The lowest BCUT2D eigenvalue weighted by atomic mass is 10.0. The van der Waals surface area contributed by atoms with Crippen LogP contribution in [0.4, 0.5) is 0 Å². The number of carbonyl (C=O) groups is 1. The van der Waals surface area contributed by atoms with E-state index in [2.05, 4.69) is 34.6 Å². The van der Waals surface area contributed by atoms with Gasteiger partial charge in [0.2, 0.25) is 0 Å². The number of nitrogens with one attached hydrogen (secondary N) is 1. The van der Waals surface area contributed by atoms with Gasteiger partial charge in [0.1, 0.15) is 5.78 Å². The number of ketones is 1. The van der Waals surface area contributed by atoms with Gasteiger partial charge < -0.3 is 5.32 Å². The Balaban J connectivity index is 2.15. The first-order valence-electron chi connectivity index (χ1n) is 6.29. The first-order chi connectivity index (χ1) is 9.11. The normalized spacial score (nSPS) is 12.4. The molecule has 2 rings (SSSR count). The third kappa shape index (κ3) is 3.28. The molecule has 0 unspecified atom stereocenters. The summed E-state index contributed by atoms with van der Waals surface area (Å²) in [6.45, 7) is 3.64. The largest absolute Gasteiger partial charge is 0.310 e. The smallest absolute Gasteiger partial charge is 0.147 e. The second kappa shape index (κ2) is 6.08. The van der Waals surface area contributed by atoms with Crippen molar-refractivity contribution in [1.82, 2.24) is 10.3 Å². The summed E-state index contributed by atoms with van der Waals surface area (Å²) in [5.41, 5.74) is 5.29. The number of likely N-dealkylation sites (N-methyl/N-ethyl adjacent to an activating group) is 1. The van der Waals surface area contributed by atoms with Gasteiger partial charge in [-0.25, -0.2) is 4.98 Å². The molecule has 0 aliphatic heterocycles. The molecule has 1 aromatic heterocycles. The predicted molar refractivity (Wildman–Crippen MR) is 79.5 cm³/mol. The van der Waals surface area contributed by atoms with Crippen LogP contribution in [0, 0.1) is 6.92 Å². The van der Waals surface area contributed by atoms with Crippen molar-refractivity contribution < 1.29 is 4.79 Å². The number of Topliss-reactive ketones (excluding diaryl/α,β-unsaturated/α-hetero) is 1. The van der Waals surface area contributed by atoms with Crippen molar-refractivity contribution in [3.63, 3.8) is 0 Å². The zero-order valence-electron chi connectivity index (χ0n) is 11.4. The lowest BCUT2D eigenvalue weighted by molar-refractivity contribution is -0.118. The molecule has 1 N–H and O–H groups in total. The molecule has 3 nitrogen and oxygen atoms in total. The maximum atomic E-state index is 11.4. The Kier molecular flexibility index (Phi) is 4.45. The van der Waals surface area contributed by atoms with E-state index in [1.165, 1.54) is 16.0 Å². The third-order valence-electron chi connectivity index (χ3n) is 3.24. The molecule has 0 amide bonds. The molecule has 100 valence electrons. The summed E-state index contributed by atoms with van der Waals surface area (Å²) >= 11 is 1.65. The number of aryl methyl sites for hydroxylation is 1. The fourth-order valence-corrected chi connectivity index (χ4v) is 2.87. The van der Waals surface area contributed by atoms with E-state index in [-0.39, 0.29) is 11.8 Å². The maximum Gasteiger partial charge on any atom is 0.147 e. The third-order valence-corrected chi connectivity index (χ3v) is 4.22. The van der Waals surface area contributed by atoms with Crippen molar-refractivity contribution in [3.8, 4) is 10.4 Å². The van der Waals surface area contributed by atoms with E-state index < -0.39 is 0 Å². The minimum absolute atomic E-state index is 0.101. The summed E-state index contributed by atoms with van der Waals surface area (Å²) in [7, 11) is 1.82. The Morgan fingerprint density at radius 3 is 2.53 bits per heavy atom. The van der Waals surface area contributed by atoms with Crippen LogP contribution in [0.15, 0.2) is 29.8 Å². The van der Waals surface area contributed by atoms with Crippen molar-refractivity contribution in [3.05, 3.63) is 41.0 Å². The average Bonchev–Trinajstić information content (AvgIpc) is 2.82. The molecule has 0 bridgehead atoms. The first-order valence-corrected chi connectivity index (χ1v) is 7.17. The van der Waals surface area contributed by atoms with E-state index in [9.17, 15) is 4.79 Å². The minimum atomic E-state index is -0.101. The van der Waals surface area contributed by atoms with Crippen LogP contribution < -0.4 is 5.32 Å². The van der Waals surface area contributed by atoms with Gasteiger partial charge in [0.15, 0.2) is 0 Å². The van der Waals surface area contributed by atoms with Gasteiger partial charge in [-0.15, -0.1) is 11.3 Å². The second-order valence-electron chi connectivity index (χ2n) is 4.62. The van der Waals surface area contributed by atoms with Gasteiger partial charge in [0.05, 0.1) is 22.1 Å². The van der Waals surface area contributed by atoms with Crippen molar-refractivity contribution in [2.75, 3.05) is 7.05 Å². The molecule has 1 aromatic carbocycles. The van der Waals surface area contributed by atoms with Crippen LogP contribution in [0.2, 0.25) is 0 Å². The Hall–Kier alpha value is -1.52. The van der Waals surface area contributed by atoms with Gasteiger partial charge in [-0.3, -0.25) is 4.79 Å². The zero-order valence-corrected chi connectivity index (χ0v) is 12.3. The van der Waals surface area contributed by atoms with E-state index >= 15 is 0 Å². The molecule has 0 saturated heterocycles. The number of benzene rings is 1. The predicted octanol–water partition coefficient (Wildman–Crippen LogP) is 2.84. The molecule has 0 aliphatic carbocycles.